The zero-order valence-electron chi connectivity index (χ0n) is 12.0. The number of hydrogen-bond donors (Lipinski definition) is 1. The van der Waals surface area contributed by atoms with E-state index in [9.17, 15) is 9.59 Å². The second-order valence-electron chi connectivity index (χ2n) is 5.28. The highest BCUT2D eigenvalue weighted by atomic mass is 16.1. The molecule has 4 heteroatoms. The van der Waals surface area contributed by atoms with Crippen LogP contribution < -0.4 is 5.32 Å². The molecule has 0 unspecified atom stereocenters. The average molecular weight is 292 g/mol. The Morgan fingerprint density at radius 2 is 1.64 bits per heavy atom. The first kappa shape index (κ1) is 14.2. The predicted octanol–water partition coefficient (Wildman–Crippen LogP) is 3.09. The number of pyridine rings is 1. The van der Waals surface area contributed by atoms with Crippen LogP contribution in [0.25, 0.3) is 0 Å². The van der Waals surface area contributed by atoms with Gasteiger partial charge in [0.25, 0.3) is 0 Å². The van der Waals surface area contributed by atoms with E-state index < -0.39 is 0 Å². The van der Waals surface area contributed by atoms with E-state index >= 15 is 0 Å². The summed E-state index contributed by atoms with van der Waals surface area (Å²) in [6, 6.07) is 15.1. The van der Waals surface area contributed by atoms with Crippen molar-refractivity contribution < 1.29 is 9.59 Å². The molecule has 0 spiro atoms. The first-order chi connectivity index (χ1) is 10.7. The van der Waals surface area contributed by atoms with Gasteiger partial charge in [-0.15, -0.1) is 0 Å². The molecule has 4 nitrogen and oxygen atoms in total. The third-order valence-corrected chi connectivity index (χ3v) is 3.76. The van der Waals surface area contributed by atoms with Crippen LogP contribution in [0.3, 0.4) is 0 Å². The number of anilines is 1. The summed E-state index contributed by atoms with van der Waals surface area (Å²) in [5.41, 5.74) is 1.28. The van der Waals surface area contributed by atoms with Gasteiger partial charge in [0, 0.05) is 25.2 Å². The zero-order valence-corrected chi connectivity index (χ0v) is 12.0. The Hall–Kier alpha value is -2.75. The van der Waals surface area contributed by atoms with Crippen LogP contribution in [0.4, 0.5) is 5.82 Å². The van der Waals surface area contributed by atoms with Crippen molar-refractivity contribution >= 4 is 17.4 Å². The van der Waals surface area contributed by atoms with Gasteiger partial charge in [-0.1, -0.05) is 36.4 Å². The third-order valence-electron chi connectivity index (χ3n) is 3.76. The molecule has 1 aromatic carbocycles. The van der Waals surface area contributed by atoms with Gasteiger partial charge in [-0.25, -0.2) is 4.98 Å². The fourth-order valence-electron chi connectivity index (χ4n) is 2.61. The van der Waals surface area contributed by atoms with Crippen LogP contribution in [0.5, 0.6) is 0 Å². The van der Waals surface area contributed by atoms with Crippen LogP contribution >= 0.6 is 0 Å². The Balaban J connectivity index is 1.74. The third kappa shape index (κ3) is 3.11. The molecule has 1 aliphatic rings. The predicted molar refractivity (Wildman–Crippen MR) is 84.4 cm³/mol. The Morgan fingerprint density at radius 1 is 0.955 bits per heavy atom. The van der Waals surface area contributed by atoms with Gasteiger partial charge in [-0.2, -0.15) is 0 Å². The van der Waals surface area contributed by atoms with Crippen LogP contribution in [0.2, 0.25) is 0 Å². The standard InChI is InChI=1S/C18H16N2O2/c21-16-10-14(13-6-2-1-3-7-13)11-17(22)15(16)12-20-18-8-4-5-9-19-18/h1-9,12,14H,10-11H2,(H,19,20). The SMILES string of the molecule is O=C1CC(c2ccccc2)CC(=O)C1=CNc1ccccn1. The summed E-state index contributed by atoms with van der Waals surface area (Å²) >= 11 is 0. The molecule has 1 fully saturated rings. The van der Waals surface area contributed by atoms with Crippen molar-refractivity contribution in [1.82, 2.24) is 4.98 Å². The number of benzene rings is 1. The highest BCUT2D eigenvalue weighted by molar-refractivity contribution is 6.22. The first-order valence-corrected chi connectivity index (χ1v) is 7.23. The van der Waals surface area contributed by atoms with E-state index in [0.717, 1.165) is 5.56 Å². The average Bonchev–Trinajstić information content (AvgIpc) is 2.56. The summed E-state index contributed by atoms with van der Waals surface area (Å²) in [4.78, 5) is 28.6. The van der Waals surface area contributed by atoms with Gasteiger partial charge in [0.1, 0.15) is 5.82 Å². The van der Waals surface area contributed by atoms with E-state index in [2.05, 4.69) is 10.3 Å². The molecule has 3 rings (SSSR count). The summed E-state index contributed by atoms with van der Waals surface area (Å²) in [6.45, 7) is 0. The topological polar surface area (TPSA) is 59.1 Å². The maximum Gasteiger partial charge on any atom is 0.168 e. The second kappa shape index (κ2) is 6.35. The molecule has 1 aromatic heterocycles. The quantitative estimate of drug-likeness (QED) is 0.697. The Bertz CT molecular complexity index is 688. The minimum Gasteiger partial charge on any atom is -0.346 e. The molecule has 0 atom stereocenters. The van der Waals surface area contributed by atoms with Crippen LogP contribution in [0.15, 0.2) is 66.5 Å². The minimum absolute atomic E-state index is 0.0202. The lowest BCUT2D eigenvalue weighted by atomic mass is 9.80. The molecule has 1 aliphatic carbocycles. The largest absolute Gasteiger partial charge is 0.346 e. The lowest BCUT2D eigenvalue weighted by Crippen LogP contribution is -2.25. The van der Waals surface area contributed by atoms with Crippen LogP contribution in [-0.2, 0) is 9.59 Å². The molecule has 0 saturated heterocycles. The second-order valence-corrected chi connectivity index (χ2v) is 5.28. The van der Waals surface area contributed by atoms with Gasteiger partial charge in [0.15, 0.2) is 11.6 Å². The summed E-state index contributed by atoms with van der Waals surface area (Å²) in [6.07, 6.45) is 3.86. The summed E-state index contributed by atoms with van der Waals surface area (Å²) in [7, 11) is 0. The molecule has 0 bridgehead atoms. The fraction of sp³-hybridized carbons (Fsp3) is 0.167. The smallest absolute Gasteiger partial charge is 0.168 e. The molecule has 22 heavy (non-hydrogen) atoms. The normalized spacial score (nSPS) is 18.2. The summed E-state index contributed by atoms with van der Waals surface area (Å²) in [5, 5.41) is 2.91. The molecule has 110 valence electrons. The van der Waals surface area contributed by atoms with E-state index in [1.807, 2.05) is 36.4 Å². The van der Waals surface area contributed by atoms with E-state index in [-0.39, 0.29) is 23.1 Å². The van der Waals surface area contributed by atoms with Crippen molar-refractivity contribution in [3.63, 3.8) is 0 Å². The molecule has 1 heterocycles. The molecule has 0 radical (unpaired) electrons. The van der Waals surface area contributed by atoms with Crippen LogP contribution in [0, 0.1) is 0 Å². The molecule has 2 aromatic rings. The number of Topliss-reactive ketones (excluding diaryl/α,β-unsaturated/α-hetero) is 2. The molecule has 1 N–H and O–H groups in total. The number of carbonyl (C=O) groups is 2. The van der Waals surface area contributed by atoms with Gasteiger partial charge in [0.05, 0.1) is 5.57 Å². The van der Waals surface area contributed by atoms with Crippen LogP contribution in [0.1, 0.15) is 24.3 Å². The molecular weight excluding hydrogens is 276 g/mol. The van der Waals surface area contributed by atoms with Gasteiger partial charge < -0.3 is 5.32 Å². The fourth-order valence-corrected chi connectivity index (χ4v) is 2.61. The highest BCUT2D eigenvalue weighted by Crippen LogP contribution is 2.31. The van der Waals surface area contributed by atoms with E-state index in [1.165, 1.54) is 6.20 Å². The van der Waals surface area contributed by atoms with Gasteiger partial charge in [-0.05, 0) is 23.6 Å². The van der Waals surface area contributed by atoms with Crippen molar-refractivity contribution in [2.45, 2.75) is 18.8 Å². The van der Waals surface area contributed by atoms with Crippen LogP contribution in [-0.4, -0.2) is 16.6 Å². The number of carbonyl (C=O) groups excluding carboxylic acids is 2. The van der Waals surface area contributed by atoms with Crippen molar-refractivity contribution in [2.24, 2.45) is 0 Å². The molecule has 1 saturated carbocycles. The van der Waals surface area contributed by atoms with E-state index in [1.54, 1.807) is 18.3 Å². The minimum atomic E-state index is -0.117. The van der Waals surface area contributed by atoms with E-state index in [4.69, 9.17) is 0 Å². The lowest BCUT2D eigenvalue weighted by molar-refractivity contribution is -0.124. The van der Waals surface area contributed by atoms with Crippen molar-refractivity contribution in [1.29, 1.82) is 0 Å². The van der Waals surface area contributed by atoms with Gasteiger partial charge in [0.2, 0.25) is 0 Å². The monoisotopic (exact) mass is 292 g/mol. The lowest BCUT2D eigenvalue weighted by Gasteiger charge is -2.22. The summed E-state index contributed by atoms with van der Waals surface area (Å²) in [5.74, 6) is 0.357. The number of aromatic nitrogens is 1. The Morgan fingerprint density at radius 3 is 2.27 bits per heavy atom. The number of hydrogen-bond acceptors (Lipinski definition) is 4. The number of allylic oxidation sites excluding steroid dienone is 1. The highest BCUT2D eigenvalue weighted by Gasteiger charge is 2.31. The van der Waals surface area contributed by atoms with Gasteiger partial charge >= 0.3 is 0 Å². The Labute approximate surface area is 128 Å². The Kier molecular flexibility index (Phi) is 4.10. The maximum atomic E-state index is 12.3. The number of ketones is 2. The van der Waals surface area contributed by atoms with Crippen molar-refractivity contribution in [3.05, 3.63) is 72.1 Å². The van der Waals surface area contributed by atoms with E-state index in [0.29, 0.717) is 18.7 Å². The van der Waals surface area contributed by atoms with Crippen molar-refractivity contribution in [3.8, 4) is 0 Å². The molecular formula is C18H16N2O2. The number of rotatable bonds is 3. The van der Waals surface area contributed by atoms with Gasteiger partial charge in [-0.3, -0.25) is 9.59 Å². The molecule has 0 amide bonds. The number of nitrogens with one attached hydrogen (secondary N) is 1. The number of nitrogens with zero attached hydrogens (tertiary/aromatic N) is 1. The summed E-state index contributed by atoms with van der Waals surface area (Å²) < 4.78 is 0. The van der Waals surface area contributed by atoms with Crippen molar-refractivity contribution in [2.75, 3.05) is 5.32 Å². The maximum absolute atomic E-state index is 12.3. The first-order valence-electron chi connectivity index (χ1n) is 7.23. The molecule has 0 aliphatic heterocycles. The zero-order chi connectivity index (χ0) is 15.4.